The van der Waals surface area contributed by atoms with Crippen molar-refractivity contribution in [1.82, 2.24) is 10.3 Å². The summed E-state index contributed by atoms with van der Waals surface area (Å²) in [6.07, 6.45) is 1.92. The predicted octanol–water partition coefficient (Wildman–Crippen LogP) is 2.07. The number of ether oxygens (including phenoxy) is 1. The van der Waals surface area contributed by atoms with Gasteiger partial charge in [0.1, 0.15) is 11.8 Å². The van der Waals surface area contributed by atoms with Crippen LogP contribution in [0.2, 0.25) is 0 Å². The largest absolute Gasteiger partial charge is 0.497 e. The van der Waals surface area contributed by atoms with E-state index in [0.29, 0.717) is 17.5 Å². The highest BCUT2D eigenvalue weighted by Gasteiger charge is 2.21. The lowest BCUT2D eigenvalue weighted by atomic mass is 10.0. The van der Waals surface area contributed by atoms with E-state index in [9.17, 15) is 9.59 Å². The Morgan fingerprint density at radius 3 is 2.54 bits per heavy atom. The van der Waals surface area contributed by atoms with Crippen LogP contribution >= 0.6 is 0 Å². The van der Waals surface area contributed by atoms with Gasteiger partial charge in [-0.15, -0.1) is 0 Å². The lowest BCUT2D eigenvalue weighted by molar-refractivity contribution is -0.119. The Labute approximate surface area is 151 Å². The first-order chi connectivity index (χ1) is 12.6. The third-order valence-corrected chi connectivity index (χ3v) is 4.12. The first-order valence-electron chi connectivity index (χ1n) is 8.15. The van der Waals surface area contributed by atoms with Crippen molar-refractivity contribution in [3.8, 4) is 5.75 Å². The first-order valence-corrected chi connectivity index (χ1v) is 8.15. The molecular formula is C20H19N3O3. The Morgan fingerprint density at radius 2 is 1.85 bits per heavy atom. The molecular weight excluding hydrogens is 330 g/mol. The third-order valence-electron chi connectivity index (χ3n) is 4.12. The average Bonchev–Trinajstić information content (AvgIpc) is 2.67. The summed E-state index contributed by atoms with van der Waals surface area (Å²) < 4.78 is 5.12. The summed E-state index contributed by atoms with van der Waals surface area (Å²) in [5, 5.41) is 3.57. The summed E-state index contributed by atoms with van der Waals surface area (Å²) in [4.78, 5) is 28.8. The molecule has 0 unspecified atom stereocenters. The number of hydrogen-bond acceptors (Lipinski definition) is 4. The van der Waals surface area contributed by atoms with Gasteiger partial charge in [-0.25, -0.2) is 0 Å². The van der Waals surface area contributed by atoms with Crippen LogP contribution < -0.4 is 15.8 Å². The second-order valence-corrected chi connectivity index (χ2v) is 5.86. The van der Waals surface area contributed by atoms with Crippen LogP contribution in [-0.4, -0.2) is 29.9 Å². The van der Waals surface area contributed by atoms with Gasteiger partial charge in [-0.3, -0.25) is 14.6 Å². The van der Waals surface area contributed by atoms with Crippen molar-refractivity contribution in [3.63, 3.8) is 0 Å². The van der Waals surface area contributed by atoms with Crippen LogP contribution in [-0.2, 0) is 11.2 Å². The van der Waals surface area contributed by atoms with E-state index >= 15 is 0 Å². The minimum Gasteiger partial charge on any atom is -0.497 e. The molecule has 0 saturated carbocycles. The van der Waals surface area contributed by atoms with Gasteiger partial charge in [0.25, 0.3) is 5.91 Å². The molecule has 0 bridgehead atoms. The molecule has 3 N–H and O–H groups in total. The number of pyridine rings is 1. The third kappa shape index (κ3) is 3.80. The van der Waals surface area contributed by atoms with Gasteiger partial charge in [0.2, 0.25) is 5.91 Å². The molecule has 1 heterocycles. The van der Waals surface area contributed by atoms with Crippen molar-refractivity contribution in [3.05, 3.63) is 71.9 Å². The van der Waals surface area contributed by atoms with E-state index < -0.39 is 11.9 Å². The van der Waals surface area contributed by atoms with E-state index in [0.717, 1.165) is 16.7 Å². The Bertz CT molecular complexity index is 933. The molecule has 0 radical (unpaired) electrons. The molecule has 0 aliphatic rings. The maximum atomic E-state index is 12.7. The zero-order chi connectivity index (χ0) is 18.5. The fourth-order valence-electron chi connectivity index (χ4n) is 2.74. The lowest BCUT2D eigenvalue weighted by Gasteiger charge is -2.16. The minimum atomic E-state index is -0.824. The van der Waals surface area contributed by atoms with Crippen LogP contribution in [0, 0.1) is 0 Å². The van der Waals surface area contributed by atoms with Crippen LogP contribution in [0.3, 0.4) is 0 Å². The summed E-state index contributed by atoms with van der Waals surface area (Å²) in [6, 6.07) is 15.4. The molecule has 6 heteroatoms. The van der Waals surface area contributed by atoms with Crippen molar-refractivity contribution in [2.45, 2.75) is 12.5 Å². The summed E-state index contributed by atoms with van der Waals surface area (Å²) in [6.45, 7) is 0. The predicted molar refractivity (Wildman–Crippen MR) is 98.9 cm³/mol. The van der Waals surface area contributed by atoms with Crippen LogP contribution in [0.5, 0.6) is 5.75 Å². The Morgan fingerprint density at radius 1 is 1.12 bits per heavy atom. The van der Waals surface area contributed by atoms with E-state index in [4.69, 9.17) is 10.5 Å². The molecule has 2 amide bonds. The highest BCUT2D eigenvalue weighted by Crippen LogP contribution is 2.17. The topological polar surface area (TPSA) is 94.3 Å². The van der Waals surface area contributed by atoms with E-state index in [-0.39, 0.29) is 5.91 Å². The lowest BCUT2D eigenvalue weighted by Crippen LogP contribution is -2.45. The van der Waals surface area contributed by atoms with Gasteiger partial charge in [-0.05, 0) is 29.8 Å². The number of hydrogen-bond donors (Lipinski definition) is 2. The summed E-state index contributed by atoms with van der Waals surface area (Å²) >= 11 is 0. The molecule has 3 aromatic rings. The molecule has 0 aliphatic heterocycles. The molecule has 1 aromatic heterocycles. The molecule has 0 spiro atoms. The normalized spacial score (nSPS) is 11.7. The monoisotopic (exact) mass is 349 g/mol. The number of fused-ring (bicyclic) bond motifs is 1. The number of aromatic nitrogens is 1. The van der Waals surface area contributed by atoms with E-state index in [1.807, 2.05) is 24.3 Å². The maximum Gasteiger partial charge on any atom is 0.254 e. The second kappa shape index (κ2) is 7.65. The number of carbonyl (C=O) groups excluding carboxylic acids is 2. The second-order valence-electron chi connectivity index (χ2n) is 5.86. The number of methoxy groups -OCH3 is 1. The van der Waals surface area contributed by atoms with Gasteiger partial charge in [0.05, 0.1) is 18.2 Å². The Kier molecular flexibility index (Phi) is 5.12. The SMILES string of the molecule is COc1ccc(C[C@@H](NC(=O)c2cccc3cccnc23)C(N)=O)cc1. The average molecular weight is 349 g/mol. The number of benzene rings is 2. The Hall–Kier alpha value is -3.41. The Balaban J connectivity index is 1.80. The number of para-hydroxylation sites is 1. The van der Waals surface area contributed by atoms with E-state index in [1.165, 1.54) is 0 Å². The van der Waals surface area contributed by atoms with Gasteiger partial charge >= 0.3 is 0 Å². The number of rotatable bonds is 6. The molecule has 3 rings (SSSR count). The van der Waals surface area contributed by atoms with Gasteiger partial charge in [0, 0.05) is 18.0 Å². The van der Waals surface area contributed by atoms with Crippen molar-refractivity contribution < 1.29 is 14.3 Å². The number of nitrogens with zero attached hydrogens (tertiary/aromatic N) is 1. The smallest absolute Gasteiger partial charge is 0.254 e. The van der Waals surface area contributed by atoms with Crippen molar-refractivity contribution in [2.75, 3.05) is 7.11 Å². The minimum absolute atomic E-state index is 0.295. The zero-order valence-electron chi connectivity index (χ0n) is 14.3. The molecule has 26 heavy (non-hydrogen) atoms. The zero-order valence-corrected chi connectivity index (χ0v) is 14.3. The number of nitrogens with one attached hydrogen (secondary N) is 1. The standard InChI is InChI=1S/C20H19N3O3/c1-26-15-9-7-13(8-10-15)12-17(19(21)24)23-20(25)16-6-2-4-14-5-3-11-22-18(14)16/h2-11,17H,12H2,1H3,(H2,21,24)(H,23,25)/t17-/m1/s1. The highest BCUT2D eigenvalue weighted by molar-refractivity contribution is 6.06. The molecule has 0 fully saturated rings. The van der Waals surface area contributed by atoms with Crippen LogP contribution in [0.1, 0.15) is 15.9 Å². The summed E-state index contributed by atoms with van der Waals surface area (Å²) in [5.41, 5.74) is 7.34. The highest BCUT2D eigenvalue weighted by atomic mass is 16.5. The van der Waals surface area contributed by atoms with Crippen molar-refractivity contribution >= 4 is 22.7 Å². The molecule has 6 nitrogen and oxygen atoms in total. The van der Waals surface area contributed by atoms with Gasteiger partial charge in [-0.1, -0.05) is 30.3 Å². The molecule has 0 saturated heterocycles. The summed E-state index contributed by atoms with van der Waals surface area (Å²) in [5.74, 6) is -0.260. The molecule has 132 valence electrons. The van der Waals surface area contributed by atoms with Crippen LogP contribution in [0.25, 0.3) is 10.9 Å². The molecule has 0 aliphatic carbocycles. The van der Waals surface area contributed by atoms with Gasteiger partial charge < -0.3 is 15.8 Å². The van der Waals surface area contributed by atoms with Gasteiger partial charge in [-0.2, -0.15) is 0 Å². The van der Waals surface area contributed by atoms with Crippen LogP contribution in [0.15, 0.2) is 60.8 Å². The van der Waals surface area contributed by atoms with E-state index in [1.54, 1.807) is 43.6 Å². The fraction of sp³-hybridized carbons (Fsp3) is 0.150. The van der Waals surface area contributed by atoms with Crippen molar-refractivity contribution in [2.24, 2.45) is 5.73 Å². The maximum absolute atomic E-state index is 12.7. The van der Waals surface area contributed by atoms with E-state index in [2.05, 4.69) is 10.3 Å². The number of nitrogens with two attached hydrogens (primary N) is 1. The molecule has 2 aromatic carbocycles. The first kappa shape index (κ1) is 17.4. The molecule has 1 atom stereocenters. The van der Waals surface area contributed by atoms with Crippen LogP contribution in [0.4, 0.5) is 0 Å². The summed E-state index contributed by atoms with van der Waals surface area (Å²) in [7, 11) is 1.58. The number of amides is 2. The fourth-order valence-corrected chi connectivity index (χ4v) is 2.74. The number of carbonyl (C=O) groups is 2. The quantitative estimate of drug-likeness (QED) is 0.712. The van der Waals surface area contributed by atoms with Gasteiger partial charge in [0.15, 0.2) is 0 Å². The number of primary amides is 1. The van der Waals surface area contributed by atoms with Crippen molar-refractivity contribution in [1.29, 1.82) is 0 Å².